The number of benzene rings is 2. The SMILES string of the molecule is CC1(C)C(/C=C/C=C/C=C2/N(CCCS(=O)(=O)O)c3cc(S(=O)(=O)O)cc(S(=O)(=O)O)c3C2(C)CCCCCOC=O)=[N+](CCCS(=O)(=O)O)c2cccc(S(=O)(=O)O)c21. The van der Waals surface area contributed by atoms with Crippen molar-refractivity contribution >= 4 is 74.1 Å². The molecule has 0 aliphatic carbocycles. The summed E-state index contributed by atoms with van der Waals surface area (Å²) in [6.07, 6.45) is 8.85. The second-order valence-electron chi connectivity index (χ2n) is 14.9. The Balaban J connectivity index is 1.89. The van der Waals surface area contributed by atoms with Gasteiger partial charge < -0.3 is 9.64 Å². The topological polar surface area (TPSA) is 304 Å². The molecule has 0 spiro atoms. The van der Waals surface area contributed by atoms with Crippen molar-refractivity contribution in [2.75, 3.05) is 36.1 Å². The highest BCUT2D eigenvalue weighted by Gasteiger charge is 2.49. The molecule has 5 N–H and O–H groups in total. The van der Waals surface area contributed by atoms with Crippen LogP contribution in [0.25, 0.3) is 0 Å². The lowest BCUT2D eigenvalue weighted by molar-refractivity contribution is -0.437. The molecule has 0 amide bonds. The van der Waals surface area contributed by atoms with Crippen LogP contribution in [0, 0.1) is 0 Å². The van der Waals surface area contributed by atoms with E-state index in [1.54, 1.807) is 43.6 Å². The van der Waals surface area contributed by atoms with Crippen LogP contribution in [0.1, 0.15) is 70.4 Å². The van der Waals surface area contributed by atoms with Crippen molar-refractivity contribution in [3.8, 4) is 0 Å². The summed E-state index contributed by atoms with van der Waals surface area (Å²) >= 11 is 0. The van der Waals surface area contributed by atoms with E-state index in [0.717, 1.165) is 6.07 Å². The van der Waals surface area contributed by atoms with E-state index in [9.17, 15) is 69.6 Å². The van der Waals surface area contributed by atoms with Crippen molar-refractivity contribution in [2.24, 2.45) is 0 Å². The number of hydrogen-bond donors (Lipinski definition) is 5. The van der Waals surface area contributed by atoms with Gasteiger partial charge in [-0.15, -0.1) is 0 Å². The largest absolute Gasteiger partial charge is 0.468 e. The summed E-state index contributed by atoms with van der Waals surface area (Å²) in [6.45, 7) is 5.17. The maximum absolute atomic E-state index is 12.9. The molecule has 2 aromatic carbocycles. The van der Waals surface area contributed by atoms with E-state index in [4.69, 9.17) is 4.74 Å². The van der Waals surface area contributed by atoms with E-state index in [2.05, 4.69) is 0 Å². The van der Waals surface area contributed by atoms with Gasteiger partial charge in [0.05, 0.1) is 34.0 Å². The van der Waals surface area contributed by atoms with Crippen LogP contribution in [0.5, 0.6) is 0 Å². The van der Waals surface area contributed by atoms with Gasteiger partial charge in [0.15, 0.2) is 5.71 Å². The van der Waals surface area contributed by atoms with E-state index < -0.39 is 82.7 Å². The molecule has 2 aliphatic heterocycles. The molecule has 0 saturated carbocycles. The normalized spacial score (nSPS) is 19.1. The van der Waals surface area contributed by atoms with Crippen LogP contribution in [-0.4, -0.2) is 113 Å². The maximum atomic E-state index is 12.9. The Morgan fingerprint density at radius 1 is 0.717 bits per heavy atom. The maximum Gasteiger partial charge on any atom is 0.295 e. The number of fused-ring (bicyclic) bond motifs is 2. The highest BCUT2D eigenvalue weighted by molar-refractivity contribution is 7.87. The lowest BCUT2D eigenvalue weighted by atomic mass is 9.77. The Labute approximate surface area is 349 Å². The number of anilines is 1. The summed E-state index contributed by atoms with van der Waals surface area (Å²) < 4.78 is 178. The van der Waals surface area contributed by atoms with Crippen molar-refractivity contribution < 1.29 is 79.0 Å². The van der Waals surface area contributed by atoms with Crippen LogP contribution in [0.2, 0.25) is 0 Å². The average molecular weight is 940 g/mol. The number of unbranched alkanes of at least 4 members (excludes halogenated alkanes) is 2. The van der Waals surface area contributed by atoms with E-state index in [1.165, 1.54) is 35.3 Å². The minimum atomic E-state index is -5.18. The number of nitrogens with zero attached hydrogens (tertiary/aromatic N) is 2. The molecule has 2 aliphatic rings. The lowest BCUT2D eigenvalue weighted by Gasteiger charge is -2.31. The molecule has 0 bridgehead atoms. The number of allylic oxidation sites excluding steroid dienone is 6. The number of rotatable bonds is 21. The van der Waals surface area contributed by atoms with Crippen molar-refractivity contribution in [1.82, 2.24) is 0 Å². The lowest BCUT2D eigenvalue weighted by Crippen LogP contribution is -2.30. The monoisotopic (exact) mass is 939 g/mol. The predicted molar refractivity (Wildman–Crippen MR) is 219 cm³/mol. The third-order valence-electron chi connectivity index (χ3n) is 10.3. The molecule has 1 unspecified atom stereocenters. The van der Waals surface area contributed by atoms with Gasteiger partial charge in [0.1, 0.15) is 16.3 Å². The zero-order valence-corrected chi connectivity index (χ0v) is 36.8. The molecule has 0 radical (unpaired) electrons. The minimum Gasteiger partial charge on any atom is -0.468 e. The summed E-state index contributed by atoms with van der Waals surface area (Å²) in [4.78, 5) is 9.99. The van der Waals surface area contributed by atoms with Gasteiger partial charge in [-0.05, 0) is 64.3 Å². The molecule has 2 aromatic rings. The summed E-state index contributed by atoms with van der Waals surface area (Å²) in [5.74, 6) is -1.33. The highest BCUT2D eigenvalue weighted by atomic mass is 32.2. The first-order valence-corrected chi connectivity index (χ1v) is 25.8. The predicted octanol–water partition coefficient (Wildman–Crippen LogP) is 3.87. The zero-order valence-electron chi connectivity index (χ0n) is 32.7. The summed E-state index contributed by atoms with van der Waals surface area (Å²) in [7, 11) is -23.8. The first-order chi connectivity index (χ1) is 27.5. The van der Waals surface area contributed by atoms with Crippen molar-refractivity contribution in [2.45, 2.75) is 84.8 Å². The summed E-state index contributed by atoms with van der Waals surface area (Å²) in [5, 5.41) is 0. The number of hydrogen-bond acceptors (Lipinski definition) is 13. The van der Waals surface area contributed by atoms with Crippen LogP contribution in [0.4, 0.5) is 11.4 Å². The van der Waals surface area contributed by atoms with Gasteiger partial charge in [0.25, 0.3) is 57.1 Å². The second kappa shape index (κ2) is 18.2. The van der Waals surface area contributed by atoms with Gasteiger partial charge >= 0.3 is 0 Å². The highest BCUT2D eigenvalue weighted by Crippen LogP contribution is 2.54. The molecule has 0 aromatic heterocycles. The first-order valence-electron chi connectivity index (χ1n) is 18.2. The fourth-order valence-corrected chi connectivity index (χ4v) is 11.1. The average Bonchev–Trinajstić information content (AvgIpc) is 3.46. The Bertz CT molecular complexity index is 2700. The number of carbonyl (C=O) groups excluding carboxylic acids is 1. The Morgan fingerprint density at radius 2 is 1.35 bits per heavy atom. The standard InChI is InChI=1S/C36H46N2O17S5/c1-35(2)31(37(18-11-21-56(40,41)42)27-13-10-14-29(33(27)35)59(49,50)51)15-6-4-7-16-32-36(3,17-8-5-9-20-55-25-39)34-28(38(32)19-12-22-57(43,44)45)23-26(58(46,47)48)24-30(34)60(52,53)54/h4,6-7,10,13-16,23-25H,5,8-9,11-12,17-22H2,1-3H3,(H4-,40,41,42,43,44,45,46,47,48,49,50,51,52,53,54)/p+1. The Kier molecular flexibility index (Phi) is 14.8. The van der Waals surface area contributed by atoms with Gasteiger partial charge in [0, 0.05) is 47.5 Å². The van der Waals surface area contributed by atoms with Crippen molar-refractivity contribution in [1.29, 1.82) is 0 Å². The molecular formula is C36H47N2O17S5+. The second-order valence-corrected chi connectivity index (χ2v) is 22.2. The molecular weight excluding hydrogens is 893 g/mol. The van der Waals surface area contributed by atoms with Crippen LogP contribution in [-0.2, 0) is 71.0 Å². The van der Waals surface area contributed by atoms with E-state index in [1.807, 2.05) is 0 Å². The van der Waals surface area contributed by atoms with Crippen LogP contribution in [0.15, 0.2) is 81.1 Å². The Hall–Kier alpha value is -3.85. The van der Waals surface area contributed by atoms with Crippen molar-refractivity contribution in [3.63, 3.8) is 0 Å². The zero-order chi connectivity index (χ0) is 45.1. The third kappa shape index (κ3) is 11.5. The van der Waals surface area contributed by atoms with Crippen molar-refractivity contribution in [3.05, 3.63) is 77.5 Å². The fraction of sp³-hybridized carbons (Fsp3) is 0.444. The van der Waals surface area contributed by atoms with Crippen LogP contribution in [0.3, 0.4) is 0 Å². The molecule has 0 saturated heterocycles. The molecule has 0 fully saturated rings. The van der Waals surface area contributed by atoms with E-state index in [-0.39, 0.29) is 67.1 Å². The third-order valence-corrected chi connectivity index (χ3v) is 14.5. The van der Waals surface area contributed by atoms with Crippen LogP contribution < -0.4 is 4.90 Å². The number of ether oxygens (including phenoxy) is 1. The molecule has 1 atom stereocenters. The Morgan fingerprint density at radius 3 is 1.93 bits per heavy atom. The molecule has 4 rings (SSSR count). The van der Waals surface area contributed by atoms with Crippen LogP contribution >= 0.6 is 0 Å². The smallest absolute Gasteiger partial charge is 0.295 e. The van der Waals surface area contributed by atoms with E-state index >= 15 is 0 Å². The van der Waals surface area contributed by atoms with E-state index in [0.29, 0.717) is 42.4 Å². The molecule has 2 heterocycles. The molecule has 24 heteroatoms. The van der Waals surface area contributed by atoms with Gasteiger partial charge in [-0.1, -0.05) is 37.1 Å². The number of carbonyl (C=O) groups is 1. The van der Waals surface area contributed by atoms with Gasteiger partial charge in [-0.2, -0.15) is 46.7 Å². The first kappa shape index (κ1) is 48.8. The quantitative estimate of drug-likeness (QED) is 0.0390. The molecule has 60 heavy (non-hydrogen) atoms. The summed E-state index contributed by atoms with van der Waals surface area (Å²) in [6, 6.07) is 5.84. The van der Waals surface area contributed by atoms with Gasteiger partial charge in [0.2, 0.25) is 5.69 Å². The molecule has 19 nitrogen and oxygen atoms in total. The summed E-state index contributed by atoms with van der Waals surface area (Å²) in [5.41, 5.74) is -1.22. The van der Waals surface area contributed by atoms with Gasteiger partial charge in [-0.3, -0.25) is 27.6 Å². The fourth-order valence-electron chi connectivity index (χ4n) is 7.80. The van der Waals surface area contributed by atoms with Gasteiger partial charge in [-0.25, -0.2) is 0 Å². The minimum absolute atomic E-state index is 0.0106. The molecule has 332 valence electrons.